The number of anilines is 1. The van der Waals surface area contributed by atoms with Crippen molar-refractivity contribution < 1.29 is 9.59 Å². The first-order valence-corrected chi connectivity index (χ1v) is 8.79. The summed E-state index contributed by atoms with van der Waals surface area (Å²) in [4.78, 5) is 26.5. The maximum absolute atomic E-state index is 12.5. The molecule has 1 unspecified atom stereocenters. The van der Waals surface area contributed by atoms with E-state index in [-0.39, 0.29) is 24.2 Å². The number of nitrogens with one attached hydrogen (secondary N) is 1. The van der Waals surface area contributed by atoms with E-state index in [1.165, 1.54) is 5.56 Å². The first-order valence-electron chi connectivity index (χ1n) is 8.41. The van der Waals surface area contributed by atoms with Crippen molar-refractivity contribution in [3.8, 4) is 0 Å². The zero-order valence-electron chi connectivity index (χ0n) is 14.2. The molecular weight excluding hydrogens is 336 g/mol. The summed E-state index contributed by atoms with van der Waals surface area (Å²) in [6, 6.07) is 15.4. The molecule has 0 saturated carbocycles. The number of benzene rings is 2. The fourth-order valence-corrected chi connectivity index (χ4v) is 3.21. The average Bonchev–Trinajstić information content (AvgIpc) is 2.98. The van der Waals surface area contributed by atoms with E-state index in [1.54, 1.807) is 17.0 Å². The van der Waals surface area contributed by atoms with Gasteiger partial charge < -0.3 is 10.2 Å². The van der Waals surface area contributed by atoms with Crippen LogP contribution in [-0.4, -0.2) is 29.8 Å². The smallest absolute Gasteiger partial charge is 0.229 e. The van der Waals surface area contributed by atoms with Gasteiger partial charge in [0.1, 0.15) is 0 Å². The lowest BCUT2D eigenvalue weighted by Gasteiger charge is -2.17. The minimum absolute atomic E-state index is 0.0406. The van der Waals surface area contributed by atoms with Gasteiger partial charge in [0, 0.05) is 30.2 Å². The molecule has 1 saturated heterocycles. The molecule has 2 aromatic carbocycles. The minimum atomic E-state index is -0.318. The van der Waals surface area contributed by atoms with E-state index in [0.717, 1.165) is 12.0 Å². The van der Waals surface area contributed by atoms with Crippen LogP contribution in [0.15, 0.2) is 48.5 Å². The third-order valence-corrected chi connectivity index (χ3v) is 4.79. The number of rotatable bonds is 5. The first kappa shape index (κ1) is 17.5. The Kier molecular flexibility index (Phi) is 5.39. The van der Waals surface area contributed by atoms with E-state index in [1.807, 2.05) is 43.3 Å². The highest BCUT2D eigenvalue weighted by atomic mass is 35.5. The molecule has 1 heterocycles. The molecule has 0 bridgehead atoms. The largest absolute Gasteiger partial charge is 0.342 e. The predicted molar refractivity (Wildman–Crippen MR) is 99.7 cm³/mol. The standard InChI is InChI=1S/C20H21ClN2O2/c1-14-7-8-17(21)12-18(14)22-20(25)16-11-19(24)23(13-16)10-9-15-5-3-2-4-6-15/h2-8,12,16H,9-11,13H2,1H3,(H,22,25). The summed E-state index contributed by atoms with van der Waals surface area (Å²) >= 11 is 5.99. The lowest BCUT2D eigenvalue weighted by Crippen LogP contribution is -2.30. The van der Waals surface area contributed by atoms with Crippen molar-refractivity contribution in [1.29, 1.82) is 0 Å². The van der Waals surface area contributed by atoms with Gasteiger partial charge in [0.25, 0.3) is 0 Å². The number of carbonyl (C=O) groups excluding carboxylic acids is 2. The van der Waals surface area contributed by atoms with Crippen molar-refractivity contribution in [2.45, 2.75) is 19.8 Å². The fraction of sp³-hybridized carbons (Fsp3) is 0.300. The first-order chi connectivity index (χ1) is 12.0. The quantitative estimate of drug-likeness (QED) is 0.888. The second kappa shape index (κ2) is 7.70. The molecule has 0 aliphatic carbocycles. The summed E-state index contributed by atoms with van der Waals surface area (Å²) in [5.41, 5.74) is 2.84. The van der Waals surface area contributed by atoms with Crippen LogP contribution in [0.25, 0.3) is 0 Å². The van der Waals surface area contributed by atoms with Crippen LogP contribution < -0.4 is 5.32 Å². The zero-order valence-corrected chi connectivity index (χ0v) is 14.9. The highest BCUT2D eigenvalue weighted by molar-refractivity contribution is 6.31. The van der Waals surface area contributed by atoms with Crippen molar-refractivity contribution in [3.05, 3.63) is 64.7 Å². The number of hydrogen-bond acceptors (Lipinski definition) is 2. The van der Waals surface area contributed by atoms with Gasteiger partial charge in [-0.05, 0) is 36.6 Å². The summed E-state index contributed by atoms with van der Waals surface area (Å²) in [5.74, 6) is -0.401. The number of halogens is 1. The summed E-state index contributed by atoms with van der Waals surface area (Å²) < 4.78 is 0. The van der Waals surface area contributed by atoms with Gasteiger partial charge in [-0.1, -0.05) is 48.0 Å². The van der Waals surface area contributed by atoms with Crippen LogP contribution >= 0.6 is 11.6 Å². The van der Waals surface area contributed by atoms with Gasteiger partial charge in [-0.2, -0.15) is 0 Å². The van der Waals surface area contributed by atoms with Crippen LogP contribution in [0.5, 0.6) is 0 Å². The van der Waals surface area contributed by atoms with Crippen molar-refractivity contribution in [2.75, 3.05) is 18.4 Å². The van der Waals surface area contributed by atoms with Gasteiger partial charge in [-0.15, -0.1) is 0 Å². The Bertz CT molecular complexity index is 777. The molecule has 2 amide bonds. The van der Waals surface area contributed by atoms with Gasteiger partial charge in [0.05, 0.1) is 5.92 Å². The normalized spacial score (nSPS) is 17.0. The van der Waals surface area contributed by atoms with Gasteiger partial charge >= 0.3 is 0 Å². The number of hydrogen-bond donors (Lipinski definition) is 1. The number of carbonyl (C=O) groups is 2. The summed E-state index contributed by atoms with van der Waals surface area (Å²) in [5, 5.41) is 3.48. The van der Waals surface area contributed by atoms with E-state index >= 15 is 0 Å². The van der Waals surface area contributed by atoms with Crippen LogP contribution in [0.1, 0.15) is 17.5 Å². The maximum atomic E-state index is 12.5. The number of nitrogens with zero attached hydrogens (tertiary/aromatic N) is 1. The molecule has 3 rings (SSSR count). The number of aryl methyl sites for hydroxylation is 1. The second-order valence-corrected chi connectivity index (χ2v) is 6.86. The van der Waals surface area contributed by atoms with E-state index in [4.69, 9.17) is 11.6 Å². The summed E-state index contributed by atoms with van der Waals surface area (Å²) in [6.45, 7) is 3.03. The van der Waals surface area contributed by atoms with Crippen LogP contribution in [0, 0.1) is 12.8 Å². The molecule has 1 atom stereocenters. The highest BCUT2D eigenvalue weighted by Gasteiger charge is 2.34. The Morgan fingerprint density at radius 3 is 2.76 bits per heavy atom. The molecule has 1 aliphatic rings. The van der Waals surface area contributed by atoms with Gasteiger partial charge in [-0.25, -0.2) is 0 Å². The molecule has 5 heteroatoms. The van der Waals surface area contributed by atoms with E-state index < -0.39 is 0 Å². The SMILES string of the molecule is Cc1ccc(Cl)cc1NC(=O)C1CC(=O)N(CCc2ccccc2)C1. The third-order valence-electron chi connectivity index (χ3n) is 4.56. The third kappa shape index (κ3) is 4.40. The van der Waals surface area contributed by atoms with Gasteiger partial charge in [-0.3, -0.25) is 9.59 Å². The molecule has 2 aromatic rings. The summed E-state index contributed by atoms with van der Waals surface area (Å²) in [6.07, 6.45) is 1.06. The molecule has 4 nitrogen and oxygen atoms in total. The molecular formula is C20H21ClN2O2. The molecule has 130 valence electrons. The summed E-state index contributed by atoms with van der Waals surface area (Å²) in [7, 11) is 0. The second-order valence-electron chi connectivity index (χ2n) is 6.42. The Morgan fingerprint density at radius 1 is 1.24 bits per heavy atom. The van der Waals surface area contributed by atoms with E-state index in [9.17, 15) is 9.59 Å². The number of amides is 2. The van der Waals surface area contributed by atoms with Crippen LogP contribution in [0.2, 0.25) is 5.02 Å². The van der Waals surface area contributed by atoms with Crippen LogP contribution in [-0.2, 0) is 16.0 Å². The minimum Gasteiger partial charge on any atom is -0.342 e. The molecule has 25 heavy (non-hydrogen) atoms. The maximum Gasteiger partial charge on any atom is 0.229 e. The van der Waals surface area contributed by atoms with Gasteiger partial charge in [0.15, 0.2) is 0 Å². The molecule has 1 N–H and O–H groups in total. The molecule has 1 aliphatic heterocycles. The van der Waals surface area contributed by atoms with Crippen molar-refractivity contribution in [3.63, 3.8) is 0 Å². The average molecular weight is 357 g/mol. The molecule has 0 radical (unpaired) electrons. The van der Waals surface area contributed by atoms with Crippen LogP contribution in [0.3, 0.4) is 0 Å². The van der Waals surface area contributed by atoms with E-state index in [2.05, 4.69) is 5.32 Å². The van der Waals surface area contributed by atoms with Crippen molar-refractivity contribution in [1.82, 2.24) is 4.90 Å². The lowest BCUT2D eigenvalue weighted by molar-refractivity contribution is -0.128. The monoisotopic (exact) mass is 356 g/mol. The Balaban J connectivity index is 1.58. The zero-order chi connectivity index (χ0) is 17.8. The Morgan fingerprint density at radius 2 is 2.00 bits per heavy atom. The predicted octanol–water partition coefficient (Wildman–Crippen LogP) is 3.68. The molecule has 0 aromatic heterocycles. The topological polar surface area (TPSA) is 49.4 Å². The number of likely N-dealkylation sites (tertiary alicyclic amines) is 1. The molecule has 1 fully saturated rings. The highest BCUT2D eigenvalue weighted by Crippen LogP contribution is 2.24. The lowest BCUT2D eigenvalue weighted by atomic mass is 10.1. The van der Waals surface area contributed by atoms with Crippen LogP contribution in [0.4, 0.5) is 5.69 Å². The van der Waals surface area contributed by atoms with Crippen molar-refractivity contribution >= 4 is 29.1 Å². The van der Waals surface area contributed by atoms with Gasteiger partial charge in [0.2, 0.25) is 11.8 Å². The van der Waals surface area contributed by atoms with E-state index in [0.29, 0.717) is 23.8 Å². The Hall–Kier alpha value is -2.33. The fourth-order valence-electron chi connectivity index (χ4n) is 3.04. The molecule has 0 spiro atoms. The van der Waals surface area contributed by atoms with Crippen molar-refractivity contribution in [2.24, 2.45) is 5.92 Å². The Labute approximate surface area is 152 Å².